The number of amides is 1. The molecule has 0 atom stereocenters. The van der Waals surface area contributed by atoms with Crippen molar-refractivity contribution < 1.29 is 9.18 Å². The quantitative estimate of drug-likeness (QED) is 0.652. The molecule has 0 unspecified atom stereocenters. The molecule has 2 heterocycles. The predicted octanol–water partition coefficient (Wildman–Crippen LogP) is 4.74. The molecule has 3 rings (SSSR count). The monoisotopic (exact) mass is 369 g/mol. The Labute approximate surface area is 156 Å². The Morgan fingerprint density at radius 1 is 1.23 bits per heavy atom. The van der Waals surface area contributed by atoms with E-state index in [9.17, 15) is 9.18 Å². The van der Waals surface area contributed by atoms with Gasteiger partial charge in [0.25, 0.3) is 5.91 Å². The highest BCUT2D eigenvalue weighted by Crippen LogP contribution is 2.23. The summed E-state index contributed by atoms with van der Waals surface area (Å²) in [4.78, 5) is 22.6. The highest BCUT2D eigenvalue weighted by molar-refractivity contribution is 7.09. The minimum absolute atomic E-state index is 0.0918. The normalized spacial score (nSPS) is 11.0. The van der Waals surface area contributed by atoms with Gasteiger partial charge in [0.2, 0.25) is 0 Å². The van der Waals surface area contributed by atoms with Gasteiger partial charge in [0.15, 0.2) is 0 Å². The molecule has 0 N–H and O–H groups in total. The van der Waals surface area contributed by atoms with E-state index in [-0.39, 0.29) is 11.7 Å². The van der Waals surface area contributed by atoms with E-state index in [1.54, 1.807) is 59.8 Å². The minimum Gasteiger partial charge on any atom is -0.336 e. The number of aromatic nitrogens is 2. The van der Waals surface area contributed by atoms with E-state index in [1.165, 1.54) is 6.20 Å². The van der Waals surface area contributed by atoms with Gasteiger partial charge in [0.1, 0.15) is 5.82 Å². The number of thiazole rings is 1. The SMILES string of the molecule is CC(C)c1nc(CN(C)C(=O)c2ccc(-c3ccncc3F)cc2)cs1. The van der Waals surface area contributed by atoms with Crippen molar-refractivity contribution in [2.45, 2.75) is 26.3 Å². The van der Waals surface area contributed by atoms with E-state index in [1.807, 2.05) is 5.38 Å². The molecule has 0 aliphatic heterocycles. The van der Waals surface area contributed by atoms with Gasteiger partial charge in [-0.2, -0.15) is 0 Å². The summed E-state index contributed by atoms with van der Waals surface area (Å²) in [6.45, 7) is 4.66. The lowest BCUT2D eigenvalue weighted by Crippen LogP contribution is -2.26. The van der Waals surface area contributed by atoms with E-state index in [2.05, 4.69) is 23.8 Å². The smallest absolute Gasteiger partial charge is 0.253 e. The van der Waals surface area contributed by atoms with Gasteiger partial charge in [0.05, 0.1) is 23.4 Å². The topological polar surface area (TPSA) is 46.1 Å². The fourth-order valence-electron chi connectivity index (χ4n) is 2.60. The molecular weight excluding hydrogens is 349 g/mol. The molecule has 0 bridgehead atoms. The standard InChI is InChI=1S/C20H20FN3OS/c1-13(2)19-23-16(12-26-19)11-24(3)20(25)15-6-4-14(5-7-15)17-8-9-22-10-18(17)21/h4-10,12-13H,11H2,1-3H3. The molecule has 0 aliphatic carbocycles. The van der Waals surface area contributed by atoms with Gasteiger partial charge < -0.3 is 4.90 Å². The van der Waals surface area contributed by atoms with Crippen LogP contribution in [0, 0.1) is 5.82 Å². The van der Waals surface area contributed by atoms with Crippen molar-refractivity contribution in [3.63, 3.8) is 0 Å². The number of carbonyl (C=O) groups is 1. The third kappa shape index (κ3) is 3.96. The number of rotatable bonds is 5. The van der Waals surface area contributed by atoms with Crippen LogP contribution in [0.15, 0.2) is 48.1 Å². The maximum absolute atomic E-state index is 13.8. The van der Waals surface area contributed by atoms with Crippen LogP contribution < -0.4 is 0 Å². The van der Waals surface area contributed by atoms with Gasteiger partial charge >= 0.3 is 0 Å². The van der Waals surface area contributed by atoms with Gasteiger partial charge in [-0.1, -0.05) is 26.0 Å². The van der Waals surface area contributed by atoms with Gasteiger partial charge in [0, 0.05) is 35.7 Å². The molecule has 2 aromatic heterocycles. The number of pyridine rings is 1. The van der Waals surface area contributed by atoms with Crippen molar-refractivity contribution in [3.05, 3.63) is 70.2 Å². The molecule has 3 aromatic rings. The van der Waals surface area contributed by atoms with Crippen LogP contribution in [-0.4, -0.2) is 27.8 Å². The Morgan fingerprint density at radius 2 is 1.96 bits per heavy atom. The molecule has 0 radical (unpaired) electrons. The van der Waals surface area contributed by atoms with Crippen molar-refractivity contribution in [1.82, 2.24) is 14.9 Å². The van der Waals surface area contributed by atoms with Crippen molar-refractivity contribution >= 4 is 17.2 Å². The first-order chi connectivity index (χ1) is 12.5. The first kappa shape index (κ1) is 18.2. The average molecular weight is 369 g/mol. The van der Waals surface area contributed by atoms with Crippen LogP contribution in [0.25, 0.3) is 11.1 Å². The van der Waals surface area contributed by atoms with Gasteiger partial charge in [-0.05, 0) is 23.8 Å². The molecule has 0 aliphatic rings. The Balaban J connectivity index is 1.72. The zero-order valence-electron chi connectivity index (χ0n) is 14.9. The Morgan fingerprint density at radius 3 is 2.58 bits per heavy atom. The van der Waals surface area contributed by atoms with Crippen LogP contribution >= 0.6 is 11.3 Å². The summed E-state index contributed by atoms with van der Waals surface area (Å²) in [7, 11) is 1.76. The summed E-state index contributed by atoms with van der Waals surface area (Å²) in [5.41, 5.74) is 2.64. The molecular formula is C20H20FN3OS. The molecule has 0 saturated heterocycles. The minimum atomic E-state index is -0.381. The molecule has 0 saturated carbocycles. The van der Waals surface area contributed by atoms with Crippen molar-refractivity contribution in [2.24, 2.45) is 0 Å². The second-order valence-corrected chi connectivity index (χ2v) is 7.32. The maximum Gasteiger partial charge on any atom is 0.253 e. The first-order valence-electron chi connectivity index (χ1n) is 8.35. The van der Waals surface area contributed by atoms with Crippen LogP contribution in [-0.2, 0) is 6.54 Å². The number of nitrogens with zero attached hydrogens (tertiary/aromatic N) is 3. The van der Waals surface area contributed by atoms with E-state index >= 15 is 0 Å². The summed E-state index contributed by atoms with van der Waals surface area (Å²) >= 11 is 1.62. The third-order valence-electron chi connectivity index (χ3n) is 4.02. The second-order valence-electron chi connectivity index (χ2n) is 6.43. The second kappa shape index (κ2) is 7.74. The zero-order valence-corrected chi connectivity index (χ0v) is 15.8. The lowest BCUT2D eigenvalue weighted by molar-refractivity contribution is 0.0783. The van der Waals surface area contributed by atoms with E-state index in [0.29, 0.717) is 29.2 Å². The molecule has 0 fully saturated rings. The van der Waals surface area contributed by atoms with Gasteiger partial charge in [-0.15, -0.1) is 11.3 Å². The first-order valence-corrected chi connectivity index (χ1v) is 9.23. The van der Waals surface area contributed by atoms with Crippen molar-refractivity contribution in [1.29, 1.82) is 0 Å². The lowest BCUT2D eigenvalue weighted by Gasteiger charge is -2.16. The number of hydrogen-bond donors (Lipinski definition) is 0. The van der Waals surface area contributed by atoms with E-state index < -0.39 is 0 Å². The fourth-order valence-corrected chi connectivity index (χ4v) is 3.42. The number of benzene rings is 1. The molecule has 1 aromatic carbocycles. The summed E-state index contributed by atoms with van der Waals surface area (Å²) < 4.78 is 13.8. The summed E-state index contributed by atoms with van der Waals surface area (Å²) in [5.74, 6) is -0.0880. The third-order valence-corrected chi connectivity index (χ3v) is 5.22. The molecule has 1 amide bonds. The number of halogens is 1. The molecule has 0 spiro atoms. The van der Waals surface area contributed by atoms with Gasteiger partial charge in [-0.25, -0.2) is 9.37 Å². The summed E-state index contributed by atoms with van der Waals surface area (Å²) in [5, 5.41) is 3.07. The fraction of sp³-hybridized carbons (Fsp3) is 0.250. The largest absolute Gasteiger partial charge is 0.336 e. The highest BCUT2D eigenvalue weighted by Gasteiger charge is 2.15. The molecule has 4 nitrogen and oxygen atoms in total. The average Bonchev–Trinajstić information content (AvgIpc) is 3.10. The Bertz CT molecular complexity index is 905. The van der Waals surface area contributed by atoms with Crippen LogP contribution in [0.5, 0.6) is 0 Å². The van der Waals surface area contributed by atoms with Crippen LogP contribution in [0.1, 0.15) is 40.8 Å². The molecule has 6 heteroatoms. The zero-order chi connectivity index (χ0) is 18.7. The van der Waals surface area contributed by atoms with Crippen LogP contribution in [0.2, 0.25) is 0 Å². The van der Waals surface area contributed by atoms with Gasteiger partial charge in [-0.3, -0.25) is 9.78 Å². The van der Waals surface area contributed by atoms with Crippen LogP contribution in [0.4, 0.5) is 4.39 Å². The lowest BCUT2D eigenvalue weighted by atomic mass is 10.0. The van der Waals surface area contributed by atoms with Crippen molar-refractivity contribution in [2.75, 3.05) is 7.05 Å². The Kier molecular flexibility index (Phi) is 5.42. The molecule has 134 valence electrons. The summed E-state index contributed by atoms with van der Waals surface area (Å²) in [6.07, 6.45) is 2.73. The van der Waals surface area contributed by atoms with E-state index in [4.69, 9.17) is 0 Å². The number of carbonyl (C=O) groups excluding carboxylic acids is 1. The maximum atomic E-state index is 13.8. The molecule has 26 heavy (non-hydrogen) atoms. The predicted molar refractivity (Wildman–Crippen MR) is 102 cm³/mol. The number of hydrogen-bond acceptors (Lipinski definition) is 4. The van der Waals surface area contributed by atoms with E-state index in [0.717, 1.165) is 10.7 Å². The van der Waals surface area contributed by atoms with Crippen LogP contribution in [0.3, 0.4) is 0 Å². The van der Waals surface area contributed by atoms with Crippen molar-refractivity contribution in [3.8, 4) is 11.1 Å². The highest BCUT2D eigenvalue weighted by atomic mass is 32.1. The Hall–Kier alpha value is -2.60. The summed E-state index contributed by atoms with van der Waals surface area (Å²) in [6, 6.07) is 8.55.